The number of fused-ring (bicyclic) bond motifs is 1. The van der Waals surface area contributed by atoms with Gasteiger partial charge in [0.25, 0.3) is 0 Å². The lowest BCUT2D eigenvalue weighted by Crippen LogP contribution is -2.39. The molecule has 0 bridgehead atoms. The number of ether oxygens (including phenoxy) is 1. The number of hydrogen-bond donors (Lipinski definition) is 0. The maximum atomic E-state index is 13.5. The Morgan fingerprint density at radius 3 is 2.51 bits per heavy atom. The van der Waals surface area contributed by atoms with Crippen LogP contribution in [0.25, 0.3) is 10.9 Å². The summed E-state index contributed by atoms with van der Waals surface area (Å²) < 4.78 is 5.56. The van der Waals surface area contributed by atoms with E-state index in [1.165, 1.54) is 0 Å². The molecule has 2 aliphatic rings. The van der Waals surface area contributed by atoms with Crippen molar-refractivity contribution in [1.29, 1.82) is 0 Å². The average Bonchev–Trinajstić information content (AvgIpc) is 3.75. The molecule has 1 aromatic heterocycles. The summed E-state index contributed by atoms with van der Waals surface area (Å²) in [6.45, 7) is 7.80. The molecule has 186 valence electrons. The molecular weight excluding hydrogens is 436 g/mol. The molecule has 0 radical (unpaired) electrons. The molecular formula is C29H38N4O2. The Labute approximate surface area is 209 Å². The van der Waals surface area contributed by atoms with Crippen molar-refractivity contribution < 1.29 is 9.53 Å². The van der Waals surface area contributed by atoms with Crippen LogP contribution in [0, 0.1) is 0 Å². The lowest BCUT2D eigenvalue weighted by atomic mass is 9.88. The number of anilines is 2. The van der Waals surface area contributed by atoms with E-state index in [1.807, 2.05) is 36.9 Å². The molecule has 2 aromatic carbocycles. The van der Waals surface area contributed by atoms with Crippen LogP contribution < -0.4 is 14.5 Å². The number of rotatable bonds is 7. The van der Waals surface area contributed by atoms with Gasteiger partial charge in [-0.1, -0.05) is 39.0 Å². The lowest BCUT2D eigenvalue weighted by molar-refractivity contribution is -0.120. The fraction of sp³-hybridized carbons (Fsp3) is 0.483. The number of carbonyl (C=O) groups excluding carboxylic acids is 1. The van der Waals surface area contributed by atoms with Crippen molar-refractivity contribution in [3.05, 3.63) is 53.9 Å². The fourth-order valence-electron chi connectivity index (χ4n) is 4.88. The van der Waals surface area contributed by atoms with Crippen molar-refractivity contribution in [3.8, 4) is 5.75 Å². The maximum absolute atomic E-state index is 13.5. The number of amides is 1. The maximum Gasteiger partial charge on any atom is 0.228 e. The molecule has 0 N–H and O–H groups in total. The van der Waals surface area contributed by atoms with Gasteiger partial charge in [0.15, 0.2) is 0 Å². The van der Waals surface area contributed by atoms with E-state index in [0.717, 1.165) is 71.8 Å². The molecule has 2 fully saturated rings. The molecule has 1 amide bonds. The highest BCUT2D eigenvalue weighted by Crippen LogP contribution is 2.42. The Bertz CT molecular complexity index is 1170. The van der Waals surface area contributed by atoms with E-state index >= 15 is 0 Å². The third kappa shape index (κ3) is 5.26. The third-order valence-corrected chi connectivity index (χ3v) is 6.88. The van der Waals surface area contributed by atoms with Gasteiger partial charge in [0.1, 0.15) is 17.4 Å². The first-order chi connectivity index (χ1) is 17.1. The monoisotopic (exact) mass is 474 g/mol. The molecule has 1 saturated heterocycles. The zero-order valence-corrected chi connectivity index (χ0v) is 21.8. The van der Waals surface area contributed by atoms with Crippen LogP contribution in [-0.4, -0.2) is 43.1 Å². The fourth-order valence-corrected chi connectivity index (χ4v) is 4.88. The Kier molecular flexibility index (Phi) is 7.89. The van der Waals surface area contributed by atoms with Gasteiger partial charge < -0.3 is 9.64 Å². The van der Waals surface area contributed by atoms with Gasteiger partial charge in [-0.05, 0) is 61.4 Å². The average molecular weight is 475 g/mol. The van der Waals surface area contributed by atoms with Crippen molar-refractivity contribution >= 4 is 28.3 Å². The van der Waals surface area contributed by atoms with Gasteiger partial charge in [-0.15, -0.1) is 0 Å². The summed E-state index contributed by atoms with van der Waals surface area (Å²) in [5, 5.41) is 0.962. The normalized spacial score (nSPS) is 17.7. The predicted molar refractivity (Wildman–Crippen MR) is 144 cm³/mol. The van der Waals surface area contributed by atoms with E-state index < -0.39 is 0 Å². The number of benzene rings is 2. The van der Waals surface area contributed by atoms with Crippen molar-refractivity contribution in [1.82, 2.24) is 9.97 Å². The molecule has 35 heavy (non-hydrogen) atoms. The number of methoxy groups -OCH3 is 1. The molecule has 1 atom stereocenters. The highest BCUT2D eigenvalue weighted by atomic mass is 16.5. The molecule has 6 nitrogen and oxygen atoms in total. The highest BCUT2D eigenvalue weighted by molar-refractivity contribution is 6.02. The first-order valence-corrected chi connectivity index (χ1v) is 13.0. The zero-order valence-electron chi connectivity index (χ0n) is 21.8. The summed E-state index contributed by atoms with van der Waals surface area (Å²) in [7, 11) is 3.79. The summed E-state index contributed by atoms with van der Waals surface area (Å²) in [5.41, 5.74) is 3.17. The Balaban J connectivity index is 0.00000141. The first-order valence-electron chi connectivity index (χ1n) is 13.0. The number of hydrogen-bond acceptors (Lipinski definition) is 5. The van der Waals surface area contributed by atoms with Gasteiger partial charge in [0.05, 0.1) is 12.6 Å². The second-order valence-corrected chi connectivity index (χ2v) is 9.28. The van der Waals surface area contributed by atoms with Crippen LogP contribution in [0.4, 0.5) is 11.5 Å². The number of nitrogens with zero attached hydrogens (tertiary/aromatic N) is 4. The van der Waals surface area contributed by atoms with Crippen LogP contribution in [0.3, 0.4) is 0 Å². The zero-order chi connectivity index (χ0) is 24.9. The smallest absolute Gasteiger partial charge is 0.228 e. The SMILES string of the molecule is CC.CCCN(C)c1ccc2nc(C3CC3)nc(N3CCC(c4ccccc4OC)CC3=O)c2c1. The van der Waals surface area contributed by atoms with Gasteiger partial charge in [0, 0.05) is 43.5 Å². The second-order valence-electron chi connectivity index (χ2n) is 9.28. The van der Waals surface area contributed by atoms with E-state index in [0.29, 0.717) is 18.9 Å². The molecule has 2 heterocycles. The van der Waals surface area contributed by atoms with Gasteiger partial charge >= 0.3 is 0 Å². The van der Waals surface area contributed by atoms with E-state index in [9.17, 15) is 4.79 Å². The van der Waals surface area contributed by atoms with Gasteiger partial charge in [-0.2, -0.15) is 0 Å². The minimum Gasteiger partial charge on any atom is -0.496 e. The van der Waals surface area contributed by atoms with E-state index in [4.69, 9.17) is 14.7 Å². The number of carbonyl (C=O) groups is 1. The second kappa shape index (κ2) is 11.1. The van der Waals surface area contributed by atoms with Crippen molar-refractivity contribution in [2.75, 3.05) is 37.0 Å². The van der Waals surface area contributed by atoms with Crippen LogP contribution in [0.2, 0.25) is 0 Å². The number of piperidine rings is 1. The Morgan fingerprint density at radius 2 is 1.83 bits per heavy atom. The van der Waals surface area contributed by atoms with Crippen LogP contribution in [0.1, 0.15) is 76.1 Å². The molecule has 1 aliphatic carbocycles. The third-order valence-electron chi connectivity index (χ3n) is 6.88. The minimum absolute atomic E-state index is 0.117. The molecule has 0 spiro atoms. The molecule has 6 heteroatoms. The summed E-state index contributed by atoms with van der Waals surface area (Å²) in [5.74, 6) is 3.22. The van der Waals surface area contributed by atoms with Crippen molar-refractivity contribution in [2.24, 2.45) is 0 Å². The van der Waals surface area contributed by atoms with E-state index in [1.54, 1.807) is 7.11 Å². The van der Waals surface area contributed by atoms with E-state index in [2.05, 4.69) is 43.1 Å². The summed E-state index contributed by atoms with van der Waals surface area (Å²) in [6, 6.07) is 14.4. The Morgan fingerprint density at radius 1 is 1.06 bits per heavy atom. The number of aromatic nitrogens is 2. The predicted octanol–water partition coefficient (Wildman–Crippen LogP) is 6.30. The largest absolute Gasteiger partial charge is 0.496 e. The van der Waals surface area contributed by atoms with Gasteiger partial charge in [-0.25, -0.2) is 9.97 Å². The summed E-state index contributed by atoms with van der Waals surface area (Å²) >= 11 is 0. The topological polar surface area (TPSA) is 58.6 Å². The molecule has 1 saturated carbocycles. The van der Waals surface area contributed by atoms with Crippen LogP contribution >= 0.6 is 0 Å². The van der Waals surface area contributed by atoms with Gasteiger partial charge in [-0.3, -0.25) is 9.69 Å². The minimum atomic E-state index is 0.117. The van der Waals surface area contributed by atoms with Crippen molar-refractivity contribution in [2.45, 2.75) is 64.7 Å². The molecule has 1 unspecified atom stereocenters. The van der Waals surface area contributed by atoms with Crippen molar-refractivity contribution in [3.63, 3.8) is 0 Å². The molecule has 3 aromatic rings. The van der Waals surface area contributed by atoms with Crippen LogP contribution in [0.15, 0.2) is 42.5 Å². The van der Waals surface area contributed by atoms with Crippen LogP contribution in [0.5, 0.6) is 5.75 Å². The molecule has 5 rings (SSSR count). The Hall–Kier alpha value is -3.15. The quantitative estimate of drug-likeness (QED) is 0.402. The summed E-state index contributed by atoms with van der Waals surface area (Å²) in [6.07, 6.45) is 4.68. The molecule has 1 aliphatic heterocycles. The highest BCUT2D eigenvalue weighted by Gasteiger charge is 2.33. The standard InChI is InChI=1S/C27H32N4O2.C2H6/c1-4-14-30(2)20-11-12-23-22(17-20)27(29-26(28-23)18-9-10-18)31-15-13-19(16-25(31)32)21-7-5-6-8-24(21)33-3;1-2/h5-8,11-12,17-19H,4,9-10,13-16H2,1-3H3;1-2H3. The van der Waals surface area contributed by atoms with Crippen LogP contribution in [-0.2, 0) is 4.79 Å². The summed E-state index contributed by atoms with van der Waals surface area (Å²) in [4.78, 5) is 27.4. The van der Waals surface area contributed by atoms with Gasteiger partial charge in [0.2, 0.25) is 5.91 Å². The first kappa shape index (κ1) is 25.0. The number of para-hydroxylation sites is 1. The van der Waals surface area contributed by atoms with E-state index in [-0.39, 0.29) is 11.8 Å². The lowest BCUT2D eigenvalue weighted by Gasteiger charge is -2.32.